The normalized spacial score (nSPS) is 17.2. The van der Waals surface area contributed by atoms with E-state index in [2.05, 4.69) is 32.6 Å². The van der Waals surface area contributed by atoms with Crippen molar-refractivity contribution in [3.8, 4) is 0 Å². The van der Waals surface area contributed by atoms with Crippen LogP contribution in [0.2, 0.25) is 5.02 Å². The molecule has 2 aromatic carbocycles. The van der Waals surface area contributed by atoms with Gasteiger partial charge in [0, 0.05) is 68.1 Å². The van der Waals surface area contributed by atoms with E-state index in [1.54, 1.807) is 12.1 Å². The summed E-state index contributed by atoms with van der Waals surface area (Å²) in [6.07, 6.45) is 1.60. The summed E-state index contributed by atoms with van der Waals surface area (Å²) in [6, 6.07) is 15.1. The van der Waals surface area contributed by atoms with E-state index in [9.17, 15) is 9.50 Å². The second-order valence-corrected chi connectivity index (χ2v) is 7.86. The Morgan fingerprint density at radius 1 is 0.929 bits per heavy atom. The predicted octanol–water partition coefficient (Wildman–Crippen LogP) is 3.61. The molecule has 4 rings (SSSR count). The Labute approximate surface area is 169 Å². The van der Waals surface area contributed by atoms with Gasteiger partial charge in [-0.25, -0.2) is 4.39 Å². The summed E-state index contributed by atoms with van der Waals surface area (Å²) in [6.45, 7) is 5.13. The van der Waals surface area contributed by atoms with Crippen molar-refractivity contribution in [2.75, 3.05) is 32.7 Å². The van der Waals surface area contributed by atoms with Gasteiger partial charge < -0.3 is 9.67 Å². The van der Waals surface area contributed by atoms with Gasteiger partial charge in [-0.2, -0.15) is 0 Å². The summed E-state index contributed by atoms with van der Waals surface area (Å²) in [5, 5.41) is 12.2. The average Bonchev–Trinajstić information content (AvgIpc) is 3.09. The molecule has 1 saturated heterocycles. The van der Waals surface area contributed by atoms with E-state index in [1.807, 2.05) is 18.3 Å². The van der Waals surface area contributed by atoms with Gasteiger partial charge in [-0.15, -0.1) is 0 Å². The summed E-state index contributed by atoms with van der Waals surface area (Å²) < 4.78 is 16.1. The molecule has 1 aliphatic rings. The van der Waals surface area contributed by atoms with Crippen LogP contribution < -0.4 is 0 Å². The maximum atomic E-state index is 14.0. The van der Waals surface area contributed by atoms with Crippen molar-refractivity contribution in [1.29, 1.82) is 0 Å². The number of piperazine rings is 1. The first kappa shape index (κ1) is 19.4. The number of halogens is 2. The largest absolute Gasteiger partial charge is 0.390 e. The van der Waals surface area contributed by atoms with E-state index in [0.29, 0.717) is 30.2 Å². The van der Waals surface area contributed by atoms with Crippen LogP contribution in [-0.2, 0) is 13.1 Å². The Morgan fingerprint density at radius 3 is 2.46 bits per heavy atom. The van der Waals surface area contributed by atoms with Gasteiger partial charge in [0.15, 0.2) is 0 Å². The molecule has 0 bridgehead atoms. The number of para-hydroxylation sites is 1. The number of hydrogen-bond donors (Lipinski definition) is 1. The molecular formula is C22H25ClFN3O. The minimum atomic E-state index is -0.427. The van der Waals surface area contributed by atoms with Gasteiger partial charge in [-0.3, -0.25) is 9.80 Å². The van der Waals surface area contributed by atoms with Crippen LogP contribution in [0.3, 0.4) is 0 Å². The zero-order chi connectivity index (χ0) is 19.5. The molecule has 3 aromatic rings. The minimum absolute atomic E-state index is 0.246. The number of aromatic nitrogens is 1. The second kappa shape index (κ2) is 8.62. The standard InChI is InChI=1S/C22H25ClFN3O/c23-20-5-3-6-21(24)19(20)16-26-12-10-25(11-13-26)14-18(28)15-27-9-8-17-4-1-2-7-22(17)27/h1-9,18,28H,10-16H2/t18-/m0/s1. The Hall–Kier alpha value is -1.92. The third kappa shape index (κ3) is 4.39. The van der Waals surface area contributed by atoms with Gasteiger partial charge in [0.1, 0.15) is 5.82 Å². The van der Waals surface area contributed by atoms with Gasteiger partial charge in [-0.05, 0) is 29.7 Å². The maximum Gasteiger partial charge on any atom is 0.129 e. The number of benzene rings is 2. The van der Waals surface area contributed by atoms with E-state index in [1.165, 1.54) is 11.5 Å². The Balaban J connectivity index is 1.28. The van der Waals surface area contributed by atoms with E-state index in [4.69, 9.17) is 11.6 Å². The molecule has 0 saturated carbocycles. The van der Waals surface area contributed by atoms with Gasteiger partial charge >= 0.3 is 0 Å². The van der Waals surface area contributed by atoms with Crippen LogP contribution in [0.4, 0.5) is 4.39 Å². The van der Waals surface area contributed by atoms with Gasteiger partial charge in [0.25, 0.3) is 0 Å². The highest BCUT2D eigenvalue weighted by molar-refractivity contribution is 6.31. The minimum Gasteiger partial charge on any atom is -0.390 e. The zero-order valence-corrected chi connectivity index (χ0v) is 16.5. The molecule has 1 atom stereocenters. The number of nitrogens with zero attached hydrogens (tertiary/aromatic N) is 3. The molecule has 1 fully saturated rings. The number of fused-ring (bicyclic) bond motifs is 1. The fourth-order valence-corrected chi connectivity index (χ4v) is 4.14. The lowest BCUT2D eigenvalue weighted by Crippen LogP contribution is -2.48. The molecule has 0 aliphatic carbocycles. The quantitative estimate of drug-likeness (QED) is 0.684. The van der Waals surface area contributed by atoms with Crippen LogP contribution in [-0.4, -0.2) is 58.3 Å². The van der Waals surface area contributed by atoms with E-state index >= 15 is 0 Å². The van der Waals surface area contributed by atoms with Crippen LogP contribution in [0.25, 0.3) is 10.9 Å². The van der Waals surface area contributed by atoms with E-state index < -0.39 is 6.10 Å². The summed E-state index contributed by atoms with van der Waals surface area (Å²) in [7, 11) is 0. The first-order valence-corrected chi connectivity index (χ1v) is 10.1. The Kier molecular flexibility index (Phi) is 5.97. The van der Waals surface area contributed by atoms with E-state index in [0.717, 1.165) is 31.7 Å². The van der Waals surface area contributed by atoms with Crippen molar-refractivity contribution < 1.29 is 9.50 Å². The number of rotatable bonds is 6. The first-order chi connectivity index (χ1) is 13.6. The number of aliphatic hydroxyl groups is 1. The van der Waals surface area contributed by atoms with Crippen LogP contribution in [0, 0.1) is 5.82 Å². The fraction of sp³-hybridized carbons (Fsp3) is 0.364. The van der Waals surface area contributed by atoms with Crippen molar-refractivity contribution >= 4 is 22.5 Å². The summed E-state index contributed by atoms with van der Waals surface area (Å²) >= 11 is 6.14. The van der Waals surface area contributed by atoms with Crippen LogP contribution in [0.5, 0.6) is 0 Å². The predicted molar refractivity (Wildman–Crippen MR) is 111 cm³/mol. The summed E-state index contributed by atoms with van der Waals surface area (Å²) in [4.78, 5) is 4.49. The highest BCUT2D eigenvalue weighted by Crippen LogP contribution is 2.21. The molecule has 0 radical (unpaired) electrons. The molecule has 0 spiro atoms. The monoisotopic (exact) mass is 401 g/mol. The number of aliphatic hydroxyl groups excluding tert-OH is 1. The van der Waals surface area contributed by atoms with Gasteiger partial charge in [-0.1, -0.05) is 35.9 Å². The van der Waals surface area contributed by atoms with Gasteiger partial charge in [0.2, 0.25) is 0 Å². The lowest BCUT2D eigenvalue weighted by molar-refractivity contribution is 0.0626. The Bertz CT molecular complexity index is 916. The number of hydrogen-bond acceptors (Lipinski definition) is 3. The molecule has 1 aromatic heterocycles. The smallest absolute Gasteiger partial charge is 0.129 e. The third-order valence-electron chi connectivity index (χ3n) is 5.46. The van der Waals surface area contributed by atoms with Crippen molar-refractivity contribution in [2.45, 2.75) is 19.2 Å². The van der Waals surface area contributed by atoms with Crippen LogP contribution in [0.1, 0.15) is 5.56 Å². The van der Waals surface area contributed by atoms with E-state index in [-0.39, 0.29) is 5.82 Å². The van der Waals surface area contributed by atoms with Crippen molar-refractivity contribution in [2.24, 2.45) is 0 Å². The molecule has 1 N–H and O–H groups in total. The van der Waals surface area contributed by atoms with Gasteiger partial charge in [0.05, 0.1) is 6.10 Å². The molecule has 148 valence electrons. The topological polar surface area (TPSA) is 31.6 Å². The molecule has 1 aliphatic heterocycles. The molecule has 4 nitrogen and oxygen atoms in total. The highest BCUT2D eigenvalue weighted by Gasteiger charge is 2.21. The lowest BCUT2D eigenvalue weighted by atomic mass is 10.1. The second-order valence-electron chi connectivity index (χ2n) is 7.46. The molecule has 2 heterocycles. The third-order valence-corrected chi connectivity index (χ3v) is 5.82. The first-order valence-electron chi connectivity index (χ1n) is 9.69. The van der Waals surface area contributed by atoms with Crippen LogP contribution in [0.15, 0.2) is 54.7 Å². The molecule has 6 heteroatoms. The van der Waals surface area contributed by atoms with Crippen molar-refractivity contribution in [3.63, 3.8) is 0 Å². The summed E-state index contributed by atoms with van der Waals surface area (Å²) in [5.74, 6) is -0.246. The molecule has 0 amide bonds. The lowest BCUT2D eigenvalue weighted by Gasteiger charge is -2.35. The molecular weight excluding hydrogens is 377 g/mol. The fourth-order valence-electron chi connectivity index (χ4n) is 3.92. The maximum absolute atomic E-state index is 14.0. The van der Waals surface area contributed by atoms with Crippen LogP contribution >= 0.6 is 11.6 Å². The van der Waals surface area contributed by atoms with Crippen molar-refractivity contribution in [1.82, 2.24) is 14.4 Å². The highest BCUT2D eigenvalue weighted by atomic mass is 35.5. The molecule has 28 heavy (non-hydrogen) atoms. The number of β-amino-alcohol motifs (C(OH)–C–C–N with tert-alkyl or cyclic N) is 1. The zero-order valence-electron chi connectivity index (χ0n) is 15.8. The average molecular weight is 402 g/mol. The summed E-state index contributed by atoms with van der Waals surface area (Å²) in [5.41, 5.74) is 1.71. The Morgan fingerprint density at radius 2 is 1.68 bits per heavy atom. The molecule has 0 unspecified atom stereocenters. The van der Waals surface area contributed by atoms with Crippen molar-refractivity contribution in [3.05, 3.63) is 71.1 Å². The SMILES string of the molecule is O[C@@H](CN1CCN(Cc2c(F)cccc2Cl)CC1)Cn1ccc2ccccc21.